The molecule has 2 aromatic rings. The Hall–Kier alpha value is -2.62. The van der Waals surface area contributed by atoms with Crippen LogP contribution in [-0.2, 0) is 16.0 Å². The highest BCUT2D eigenvalue weighted by Gasteiger charge is 2.05. The fourth-order valence-electron chi connectivity index (χ4n) is 4.93. The van der Waals surface area contributed by atoms with Crippen molar-refractivity contribution in [2.24, 2.45) is 0 Å². The lowest BCUT2D eigenvalue weighted by Gasteiger charge is -2.09. The van der Waals surface area contributed by atoms with Gasteiger partial charge in [-0.2, -0.15) is 0 Å². The fourth-order valence-corrected chi connectivity index (χ4v) is 4.93. The molecule has 0 aliphatic rings. The number of carbonyl (C=O) groups is 2. The first-order chi connectivity index (χ1) is 19.1. The highest BCUT2D eigenvalue weighted by atomic mass is 16.2. The number of anilines is 2. The molecule has 2 N–H and O–H groups in total. The van der Waals surface area contributed by atoms with Crippen molar-refractivity contribution in [2.75, 3.05) is 10.6 Å². The second-order valence-corrected chi connectivity index (χ2v) is 11.1. The molecule has 0 saturated carbocycles. The Morgan fingerprint density at radius 1 is 0.462 bits per heavy atom. The second-order valence-electron chi connectivity index (χ2n) is 11.1. The van der Waals surface area contributed by atoms with Crippen molar-refractivity contribution >= 4 is 23.2 Å². The van der Waals surface area contributed by atoms with Crippen LogP contribution in [-0.4, -0.2) is 11.8 Å². The van der Waals surface area contributed by atoms with Gasteiger partial charge in [-0.3, -0.25) is 9.59 Å². The molecule has 2 rings (SSSR count). The van der Waals surface area contributed by atoms with Gasteiger partial charge in [-0.25, -0.2) is 0 Å². The van der Waals surface area contributed by atoms with Crippen molar-refractivity contribution in [3.05, 3.63) is 59.7 Å². The standard InChI is InChI=1S/C35H54N2O2/c1-3-5-7-9-11-13-15-17-19-34(38)36-32-25-21-30(22-26-32)29-31-23-27-33(28-24-31)37-35(39)20-18-16-14-12-10-8-6-4-2/h21-28H,3-20,29H2,1-2H3,(H,36,38)(H,37,39). The molecule has 4 heteroatoms. The lowest BCUT2D eigenvalue weighted by molar-refractivity contribution is -0.117. The number of unbranched alkanes of at least 4 members (excludes halogenated alkanes) is 14. The van der Waals surface area contributed by atoms with Gasteiger partial charge >= 0.3 is 0 Å². The number of nitrogens with one attached hydrogen (secondary N) is 2. The Balaban J connectivity index is 1.60. The zero-order valence-electron chi connectivity index (χ0n) is 24.9. The summed E-state index contributed by atoms with van der Waals surface area (Å²) >= 11 is 0. The number of amides is 2. The summed E-state index contributed by atoms with van der Waals surface area (Å²) in [5, 5.41) is 6.06. The number of rotatable bonds is 22. The molecule has 0 radical (unpaired) electrons. The van der Waals surface area contributed by atoms with E-state index in [0.29, 0.717) is 12.8 Å². The highest BCUT2D eigenvalue weighted by Crippen LogP contribution is 2.17. The maximum absolute atomic E-state index is 12.3. The summed E-state index contributed by atoms with van der Waals surface area (Å²) in [6, 6.07) is 16.2. The minimum atomic E-state index is 0.105. The molecule has 0 aliphatic heterocycles. The van der Waals surface area contributed by atoms with Crippen molar-refractivity contribution in [2.45, 2.75) is 136 Å². The Bertz CT molecular complexity index is 830. The van der Waals surface area contributed by atoms with Gasteiger partial charge in [0.25, 0.3) is 0 Å². The number of hydrogen-bond donors (Lipinski definition) is 2. The normalized spacial score (nSPS) is 10.9. The number of benzene rings is 2. The molecule has 0 spiro atoms. The molecule has 0 aromatic heterocycles. The van der Waals surface area contributed by atoms with Crippen LogP contribution in [0.4, 0.5) is 11.4 Å². The zero-order valence-corrected chi connectivity index (χ0v) is 24.9. The van der Waals surface area contributed by atoms with Gasteiger partial charge in [-0.1, -0.05) is 128 Å². The molecule has 39 heavy (non-hydrogen) atoms. The second kappa shape index (κ2) is 21.2. The van der Waals surface area contributed by atoms with E-state index in [2.05, 4.69) is 48.7 Å². The van der Waals surface area contributed by atoms with Crippen LogP contribution in [0.15, 0.2) is 48.5 Å². The van der Waals surface area contributed by atoms with Crippen molar-refractivity contribution < 1.29 is 9.59 Å². The first-order valence-corrected chi connectivity index (χ1v) is 15.9. The molecule has 0 heterocycles. The minimum absolute atomic E-state index is 0.105. The zero-order chi connectivity index (χ0) is 28.0. The van der Waals surface area contributed by atoms with E-state index in [1.54, 1.807) is 0 Å². The van der Waals surface area contributed by atoms with Crippen LogP contribution in [0.5, 0.6) is 0 Å². The van der Waals surface area contributed by atoms with Gasteiger partial charge in [0, 0.05) is 24.2 Å². The van der Waals surface area contributed by atoms with Gasteiger partial charge in [0.05, 0.1) is 0 Å². The molecule has 216 valence electrons. The molecule has 0 atom stereocenters. The van der Waals surface area contributed by atoms with E-state index in [0.717, 1.165) is 43.5 Å². The van der Waals surface area contributed by atoms with Gasteiger partial charge in [0.2, 0.25) is 11.8 Å². The van der Waals surface area contributed by atoms with Crippen LogP contribution in [0, 0.1) is 0 Å². The van der Waals surface area contributed by atoms with Crippen LogP contribution < -0.4 is 10.6 Å². The van der Waals surface area contributed by atoms with Crippen molar-refractivity contribution in [3.63, 3.8) is 0 Å². The van der Waals surface area contributed by atoms with E-state index in [1.165, 1.54) is 88.2 Å². The Kier molecular flexibility index (Phi) is 17.7. The van der Waals surface area contributed by atoms with Crippen LogP contribution in [0.25, 0.3) is 0 Å². The Morgan fingerprint density at radius 2 is 0.769 bits per heavy atom. The van der Waals surface area contributed by atoms with Crippen LogP contribution in [0.3, 0.4) is 0 Å². The first kappa shape index (κ1) is 32.6. The van der Waals surface area contributed by atoms with E-state index < -0.39 is 0 Å². The van der Waals surface area contributed by atoms with E-state index in [4.69, 9.17) is 0 Å². The fraction of sp³-hybridized carbons (Fsp3) is 0.600. The minimum Gasteiger partial charge on any atom is -0.326 e. The first-order valence-electron chi connectivity index (χ1n) is 15.9. The molecule has 0 unspecified atom stereocenters. The van der Waals surface area contributed by atoms with Gasteiger partial charge in [-0.15, -0.1) is 0 Å². The highest BCUT2D eigenvalue weighted by molar-refractivity contribution is 5.91. The summed E-state index contributed by atoms with van der Waals surface area (Å²) in [6.07, 6.45) is 21.9. The summed E-state index contributed by atoms with van der Waals surface area (Å²) in [5.74, 6) is 0.211. The SMILES string of the molecule is CCCCCCCCCCC(=O)Nc1ccc(Cc2ccc(NC(=O)CCCCCCCCCC)cc2)cc1. The molecule has 0 fully saturated rings. The quantitative estimate of drug-likeness (QED) is 0.148. The van der Waals surface area contributed by atoms with Crippen LogP contribution >= 0.6 is 0 Å². The topological polar surface area (TPSA) is 58.2 Å². The Morgan fingerprint density at radius 3 is 1.10 bits per heavy atom. The van der Waals surface area contributed by atoms with E-state index in [1.807, 2.05) is 24.3 Å². The van der Waals surface area contributed by atoms with E-state index in [9.17, 15) is 9.59 Å². The van der Waals surface area contributed by atoms with Crippen molar-refractivity contribution in [1.29, 1.82) is 0 Å². The lowest BCUT2D eigenvalue weighted by atomic mass is 10.0. The summed E-state index contributed by atoms with van der Waals surface area (Å²) in [6.45, 7) is 4.49. The number of hydrogen-bond acceptors (Lipinski definition) is 2. The van der Waals surface area contributed by atoms with E-state index >= 15 is 0 Å². The summed E-state index contributed by atoms with van der Waals surface area (Å²) in [5.41, 5.74) is 4.11. The smallest absolute Gasteiger partial charge is 0.224 e. The van der Waals surface area contributed by atoms with Gasteiger partial charge in [-0.05, 0) is 54.7 Å². The molecular weight excluding hydrogens is 480 g/mol. The van der Waals surface area contributed by atoms with Gasteiger partial charge < -0.3 is 10.6 Å². The maximum atomic E-state index is 12.3. The third-order valence-corrected chi connectivity index (χ3v) is 7.40. The third kappa shape index (κ3) is 16.2. The predicted octanol–water partition coefficient (Wildman–Crippen LogP) is 10.2. The van der Waals surface area contributed by atoms with Gasteiger partial charge in [0.15, 0.2) is 0 Å². The van der Waals surface area contributed by atoms with Gasteiger partial charge in [0.1, 0.15) is 0 Å². The number of carbonyl (C=O) groups excluding carboxylic acids is 2. The summed E-state index contributed by atoms with van der Waals surface area (Å²) < 4.78 is 0. The molecule has 2 amide bonds. The Labute approximate surface area is 238 Å². The van der Waals surface area contributed by atoms with Crippen LogP contribution in [0.1, 0.15) is 141 Å². The molecule has 0 aliphatic carbocycles. The predicted molar refractivity (Wildman–Crippen MR) is 167 cm³/mol. The molecule has 0 saturated heterocycles. The largest absolute Gasteiger partial charge is 0.326 e. The van der Waals surface area contributed by atoms with E-state index in [-0.39, 0.29) is 11.8 Å². The summed E-state index contributed by atoms with van der Waals surface area (Å²) in [7, 11) is 0. The monoisotopic (exact) mass is 534 g/mol. The molecule has 4 nitrogen and oxygen atoms in total. The molecule has 0 bridgehead atoms. The maximum Gasteiger partial charge on any atom is 0.224 e. The third-order valence-electron chi connectivity index (χ3n) is 7.40. The molecular formula is C35H54N2O2. The average Bonchev–Trinajstić information content (AvgIpc) is 2.94. The molecule has 2 aromatic carbocycles. The summed E-state index contributed by atoms with van der Waals surface area (Å²) in [4.78, 5) is 24.5. The van der Waals surface area contributed by atoms with Crippen molar-refractivity contribution in [1.82, 2.24) is 0 Å². The average molecular weight is 535 g/mol. The van der Waals surface area contributed by atoms with Crippen molar-refractivity contribution in [3.8, 4) is 0 Å². The lowest BCUT2D eigenvalue weighted by Crippen LogP contribution is -2.11. The van der Waals surface area contributed by atoms with Crippen LogP contribution in [0.2, 0.25) is 0 Å².